The van der Waals surface area contributed by atoms with E-state index in [2.05, 4.69) is 113 Å². The van der Waals surface area contributed by atoms with Crippen molar-refractivity contribution < 1.29 is 56.1 Å². The van der Waals surface area contributed by atoms with Crippen molar-refractivity contribution in [1.82, 2.24) is 4.57 Å². The van der Waals surface area contributed by atoms with Gasteiger partial charge in [0.25, 0.3) is 0 Å². The standard InChI is InChI=1S/C27H43F6N2P2Se2.F6P/c1-22(2,3)36(38,23(4,5)6)16-34-15-35(17-37(39,24(7,8)9)25(10,11)12)21-14-19(27(31,32)33)18(13-20(21)34)26(28,29)30;1-7(2,3,4,5)6/h13-15H,16-17H2,1-12H3;/q+1;-1. The molecule has 1 heterocycles. The van der Waals surface area contributed by atoms with Gasteiger partial charge in [0.05, 0.1) is 0 Å². The molecule has 0 atom stereocenters. The van der Waals surface area contributed by atoms with Gasteiger partial charge in [0.15, 0.2) is 0 Å². The maximum absolute atomic E-state index is 14.0. The van der Waals surface area contributed by atoms with Gasteiger partial charge in [-0.25, -0.2) is 0 Å². The number of hydrogen-bond acceptors (Lipinski definition) is 0. The van der Waals surface area contributed by atoms with Gasteiger partial charge < -0.3 is 0 Å². The fourth-order valence-corrected chi connectivity index (χ4v) is 13.9. The molecule has 0 bridgehead atoms. The Kier molecular flexibility index (Phi) is 11.4. The Bertz CT molecular complexity index is 1400. The van der Waals surface area contributed by atoms with Crippen molar-refractivity contribution in [2.45, 2.75) is 129 Å². The molecule has 0 amide bonds. The summed E-state index contributed by atoms with van der Waals surface area (Å²) in [5.74, 6) is 0. The molecule has 2 rings (SSSR count). The van der Waals surface area contributed by atoms with Crippen LogP contribution in [0.15, 0.2) is 18.5 Å². The molecule has 19 heteroatoms. The first kappa shape index (κ1) is 44.2. The van der Waals surface area contributed by atoms with Gasteiger partial charge in [-0.05, 0) is 0 Å². The molecule has 1 aromatic heterocycles. The molecule has 2 nitrogen and oxygen atoms in total. The first-order valence-electron chi connectivity index (χ1n) is 13.8. The van der Waals surface area contributed by atoms with E-state index in [1.54, 1.807) is 15.5 Å². The number of alkyl halides is 6. The van der Waals surface area contributed by atoms with Crippen LogP contribution in [0.5, 0.6) is 0 Å². The average Bonchev–Trinajstić information content (AvgIpc) is 3.02. The Labute approximate surface area is 278 Å². The molecule has 0 fully saturated rings. The van der Waals surface area contributed by atoms with Crippen LogP contribution in [0.25, 0.3) is 11.0 Å². The summed E-state index contributed by atoms with van der Waals surface area (Å²) in [6, 6.07) is 1.41. The van der Waals surface area contributed by atoms with E-state index in [0.717, 1.165) is 0 Å². The number of hydrogen-bond donors (Lipinski definition) is 0. The third-order valence-corrected chi connectivity index (χ3v) is 33.0. The van der Waals surface area contributed by atoms with Crippen LogP contribution < -0.4 is 4.57 Å². The molecule has 0 radical (unpaired) electrons. The van der Waals surface area contributed by atoms with E-state index in [4.69, 9.17) is 0 Å². The van der Waals surface area contributed by atoms with Gasteiger partial charge in [-0.3, -0.25) is 0 Å². The zero-order chi connectivity index (χ0) is 37.4. The summed E-state index contributed by atoms with van der Waals surface area (Å²) in [5.41, 5.74) is -7.06. The zero-order valence-corrected chi connectivity index (χ0v) is 33.8. The van der Waals surface area contributed by atoms with E-state index in [-0.39, 0.29) is 31.7 Å². The van der Waals surface area contributed by atoms with E-state index < -0.39 is 42.3 Å². The summed E-state index contributed by atoms with van der Waals surface area (Å²) in [4.78, 5) is 0. The Morgan fingerprint density at radius 2 is 0.913 bits per heavy atom. The predicted molar refractivity (Wildman–Crippen MR) is 170 cm³/mol. The Hall–Kier alpha value is 0.179. The van der Waals surface area contributed by atoms with Crippen LogP contribution in [0.3, 0.4) is 0 Å². The first-order valence-corrected chi connectivity index (χ1v) is 24.2. The van der Waals surface area contributed by atoms with E-state index in [1.165, 1.54) is 0 Å². The molecule has 1 aromatic carbocycles. The van der Waals surface area contributed by atoms with E-state index in [1.807, 2.05) is 0 Å². The molecule has 0 spiro atoms. The molecule has 2 aromatic rings. The normalized spacial score (nSPS) is 16.5. The Morgan fingerprint density at radius 1 is 0.609 bits per heavy atom. The second kappa shape index (κ2) is 11.9. The SMILES string of the molecule is CC(C)(C)P(=[Se])(Cn1c[n+](CP(=[Se])(C(C)(C)C)C(C)(C)C)c2cc(C(F)(F)F)c(C(F)(F)F)cc21)C(C)(C)C.F[P-](F)(F)(F)(F)F. The summed E-state index contributed by atoms with van der Waals surface area (Å²) in [7, 11) is -10.7. The fraction of sp³-hybridized carbons (Fsp3) is 0.741. The monoisotopic (exact) mass is 876 g/mol. The van der Waals surface area contributed by atoms with E-state index >= 15 is 0 Å². The number of aromatic nitrogens is 2. The number of nitrogens with zero attached hydrogens (tertiary/aromatic N) is 2. The summed E-state index contributed by atoms with van der Waals surface area (Å²) < 4.78 is 147. The van der Waals surface area contributed by atoms with Crippen molar-refractivity contribution in [3.63, 3.8) is 0 Å². The second-order valence-electron chi connectivity index (χ2n) is 15.3. The summed E-state index contributed by atoms with van der Waals surface area (Å²) in [6.07, 6.45) is -7.75. The number of rotatable bonds is 4. The van der Waals surface area contributed by atoms with Crippen LogP contribution in [0, 0.1) is 0 Å². The quantitative estimate of drug-likeness (QED) is 0.125. The van der Waals surface area contributed by atoms with Gasteiger partial charge in [-0.2, -0.15) is 0 Å². The van der Waals surface area contributed by atoms with Crippen molar-refractivity contribution in [3.8, 4) is 0 Å². The predicted octanol–water partition coefficient (Wildman–Crippen LogP) is 12.7. The fourth-order valence-electron chi connectivity index (χ4n) is 5.31. The summed E-state index contributed by atoms with van der Waals surface area (Å²) in [5, 5.41) is -0.787. The minimum absolute atomic E-state index is 0.165. The molecular weight excluding hydrogens is 831 g/mol. The van der Waals surface area contributed by atoms with Crippen LogP contribution in [0.2, 0.25) is 0 Å². The Morgan fingerprint density at radius 3 is 1.20 bits per heavy atom. The molecule has 46 heavy (non-hydrogen) atoms. The number of benzene rings is 1. The third-order valence-electron chi connectivity index (χ3n) is 7.66. The van der Waals surface area contributed by atoms with Crippen LogP contribution in [0.4, 0.5) is 51.5 Å². The van der Waals surface area contributed by atoms with Crippen LogP contribution in [-0.2, 0) is 24.9 Å². The topological polar surface area (TPSA) is 8.81 Å². The van der Waals surface area contributed by atoms with Crippen molar-refractivity contribution in [1.29, 1.82) is 0 Å². The zero-order valence-electron chi connectivity index (χ0n) is 27.7. The molecule has 0 saturated carbocycles. The maximum atomic E-state index is 14.0. The van der Waals surface area contributed by atoms with Crippen LogP contribution >= 0.6 is 18.8 Å². The second-order valence-corrected chi connectivity index (χ2v) is 34.0. The average molecular weight is 874 g/mol. The number of halogens is 12. The van der Waals surface area contributed by atoms with Crippen LogP contribution in [-0.4, -0.2) is 55.4 Å². The minimum atomic E-state index is -10.7. The first-order chi connectivity index (χ1) is 19.3. The molecule has 0 saturated heterocycles. The Balaban J connectivity index is 0.00000135. The van der Waals surface area contributed by atoms with Crippen molar-refractivity contribution in [3.05, 3.63) is 29.6 Å². The van der Waals surface area contributed by atoms with Gasteiger partial charge in [0, 0.05) is 0 Å². The van der Waals surface area contributed by atoms with Gasteiger partial charge in [0.2, 0.25) is 0 Å². The van der Waals surface area contributed by atoms with Gasteiger partial charge in [-0.15, -0.1) is 0 Å². The molecule has 0 aliphatic rings. The van der Waals surface area contributed by atoms with E-state index in [0.29, 0.717) is 24.7 Å². The number of imidazole rings is 1. The van der Waals surface area contributed by atoms with Crippen LogP contribution in [0.1, 0.15) is 94.2 Å². The van der Waals surface area contributed by atoms with Crippen molar-refractivity contribution >= 4 is 60.1 Å². The summed E-state index contributed by atoms with van der Waals surface area (Å²) >= 11 is 6.90. The van der Waals surface area contributed by atoms with E-state index in [9.17, 15) is 51.5 Å². The molecule has 0 N–H and O–H groups in total. The van der Waals surface area contributed by atoms with Gasteiger partial charge in [-0.1, -0.05) is 0 Å². The molecular formula is C27H43F12N2P3Se2. The summed E-state index contributed by atoms with van der Waals surface area (Å²) in [6.45, 7) is 25.4. The third kappa shape index (κ3) is 11.1. The van der Waals surface area contributed by atoms with Crippen molar-refractivity contribution in [2.75, 3.05) is 0 Å². The van der Waals surface area contributed by atoms with Crippen molar-refractivity contribution in [2.24, 2.45) is 0 Å². The van der Waals surface area contributed by atoms with Gasteiger partial charge >= 0.3 is 279 Å². The van der Waals surface area contributed by atoms with Gasteiger partial charge in [0.1, 0.15) is 0 Å². The molecule has 0 aliphatic heterocycles. The molecule has 0 unspecified atom stereocenters. The number of fused-ring (bicyclic) bond motifs is 1. The molecule has 272 valence electrons. The molecule has 0 aliphatic carbocycles.